The van der Waals surface area contributed by atoms with E-state index in [0.717, 1.165) is 15.4 Å². The fourth-order valence-corrected chi connectivity index (χ4v) is 6.21. The van der Waals surface area contributed by atoms with Crippen molar-refractivity contribution in [1.82, 2.24) is 10.2 Å². The molecule has 3 rings (SSSR count). The summed E-state index contributed by atoms with van der Waals surface area (Å²) in [6.07, 6.45) is 0.844. The van der Waals surface area contributed by atoms with Crippen LogP contribution in [0.1, 0.15) is 38.3 Å². The first-order valence-corrected chi connectivity index (χ1v) is 15.8. The molecule has 0 aliphatic heterocycles. The number of hydrogen-bond donors (Lipinski definition) is 1. The van der Waals surface area contributed by atoms with Crippen LogP contribution in [0.4, 0.5) is 5.69 Å². The second-order valence-electron chi connectivity index (χ2n) is 10.3. The molecule has 0 saturated carbocycles. The van der Waals surface area contributed by atoms with Crippen molar-refractivity contribution in [3.63, 3.8) is 0 Å². The average molecular weight is 619 g/mol. The van der Waals surface area contributed by atoms with Crippen molar-refractivity contribution in [1.29, 1.82) is 0 Å². The molecule has 1 N–H and O–H groups in total. The molecule has 10 heteroatoms. The molecule has 41 heavy (non-hydrogen) atoms. The molecule has 3 aromatic rings. The van der Waals surface area contributed by atoms with Crippen molar-refractivity contribution < 1.29 is 18.0 Å². The molecule has 7 nitrogen and oxygen atoms in total. The predicted octanol–water partition coefficient (Wildman–Crippen LogP) is 6.12. The Morgan fingerprint density at radius 1 is 0.951 bits per heavy atom. The maximum Gasteiger partial charge on any atom is 0.264 e. The van der Waals surface area contributed by atoms with E-state index in [0.29, 0.717) is 19.4 Å². The Morgan fingerprint density at radius 2 is 1.61 bits per heavy atom. The summed E-state index contributed by atoms with van der Waals surface area (Å²) in [6.45, 7) is 7.77. The highest BCUT2D eigenvalue weighted by Crippen LogP contribution is 2.33. The number of hydrogen-bond acceptors (Lipinski definition) is 4. The molecule has 2 amide bonds. The van der Waals surface area contributed by atoms with Crippen molar-refractivity contribution in [3.8, 4) is 0 Å². The van der Waals surface area contributed by atoms with E-state index in [4.69, 9.17) is 23.2 Å². The number of carbonyl (C=O) groups is 2. The molecule has 0 aromatic heterocycles. The number of amides is 2. The highest BCUT2D eigenvalue weighted by molar-refractivity contribution is 7.92. The molecule has 0 heterocycles. The first kappa shape index (κ1) is 32.4. The van der Waals surface area contributed by atoms with Gasteiger partial charge in [-0.15, -0.1) is 0 Å². The van der Waals surface area contributed by atoms with Gasteiger partial charge in [-0.1, -0.05) is 92.0 Å². The summed E-state index contributed by atoms with van der Waals surface area (Å²) >= 11 is 12.7. The predicted molar refractivity (Wildman–Crippen MR) is 166 cm³/mol. The second-order valence-corrected chi connectivity index (χ2v) is 13.0. The highest BCUT2D eigenvalue weighted by atomic mass is 35.5. The van der Waals surface area contributed by atoms with Crippen LogP contribution in [0.15, 0.2) is 77.7 Å². The molecule has 0 bridgehead atoms. The van der Waals surface area contributed by atoms with Gasteiger partial charge in [0.15, 0.2) is 0 Å². The van der Waals surface area contributed by atoms with Crippen LogP contribution in [-0.2, 0) is 26.0 Å². The minimum Gasteiger partial charge on any atom is -0.354 e. The van der Waals surface area contributed by atoms with E-state index < -0.39 is 28.5 Å². The lowest BCUT2D eigenvalue weighted by Gasteiger charge is -2.33. The number of halogens is 2. The molecular formula is C31H37Cl2N3O4S. The van der Waals surface area contributed by atoms with Gasteiger partial charge in [0.1, 0.15) is 12.6 Å². The molecule has 0 saturated heterocycles. The van der Waals surface area contributed by atoms with E-state index in [1.54, 1.807) is 18.2 Å². The van der Waals surface area contributed by atoms with E-state index >= 15 is 0 Å². The topological polar surface area (TPSA) is 86.8 Å². The Bertz CT molecular complexity index is 1430. The molecule has 0 unspecified atom stereocenters. The summed E-state index contributed by atoms with van der Waals surface area (Å²) in [5, 5.41) is 3.31. The van der Waals surface area contributed by atoms with Crippen molar-refractivity contribution in [2.45, 2.75) is 51.5 Å². The van der Waals surface area contributed by atoms with E-state index in [1.165, 1.54) is 29.2 Å². The van der Waals surface area contributed by atoms with Gasteiger partial charge in [0.25, 0.3) is 10.0 Å². The lowest BCUT2D eigenvalue weighted by atomic mass is 10.1. The lowest BCUT2D eigenvalue weighted by molar-refractivity contribution is -0.139. The zero-order valence-corrected chi connectivity index (χ0v) is 26.1. The van der Waals surface area contributed by atoms with Crippen LogP contribution in [0.2, 0.25) is 10.0 Å². The van der Waals surface area contributed by atoms with Gasteiger partial charge < -0.3 is 10.2 Å². The number of anilines is 1. The number of benzene rings is 3. The lowest BCUT2D eigenvalue weighted by Crippen LogP contribution is -2.53. The van der Waals surface area contributed by atoms with E-state index in [9.17, 15) is 18.0 Å². The number of carbonyl (C=O) groups excluding carboxylic acids is 2. The van der Waals surface area contributed by atoms with E-state index in [-0.39, 0.29) is 39.0 Å². The third-order valence-electron chi connectivity index (χ3n) is 6.62. The number of sulfonamides is 1. The van der Waals surface area contributed by atoms with Gasteiger partial charge in [0.05, 0.1) is 15.6 Å². The molecule has 0 aliphatic rings. The summed E-state index contributed by atoms with van der Waals surface area (Å²) < 4.78 is 28.9. The SMILES string of the molecule is CC[C@@H](C(=O)NCC(C)C)N(CCc1ccccc1)C(=O)CN(c1cc(Cl)ccc1Cl)S(=O)(=O)c1ccc(C)cc1. The Morgan fingerprint density at radius 3 is 2.22 bits per heavy atom. The molecule has 0 aliphatic carbocycles. The van der Waals surface area contributed by atoms with Crippen molar-refractivity contribution in [2.24, 2.45) is 5.92 Å². The standard InChI is InChI=1S/C31H37Cl2N3O4S/c1-5-28(31(38)34-20-22(2)3)35(18-17-24-9-7-6-8-10-24)30(37)21-36(29-19-25(32)13-16-27(29)33)41(39,40)26-14-11-23(4)12-15-26/h6-16,19,22,28H,5,17-18,20-21H2,1-4H3,(H,34,38)/t28-/m0/s1. The van der Waals surface area contributed by atoms with Gasteiger partial charge >= 0.3 is 0 Å². The zero-order chi connectivity index (χ0) is 30.2. The molecule has 3 aromatic carbocycles. The normalized spacial score (nSPS) is 12.2. The fourth-order valence-electron chi connectivity index (χ4n) is 4.35. The number of nitrogens with one attached hydrogen (secondary N) is 1. The largest absolute Gasteiger partial charge is 0.354 e. The molecule has 1 atom stereocenters. The van der Waals surface area contributed by atoms with Crippen LogP contribution in [0.5, 0.6) is 0 Å². The van der Waals surface area contributed by atoms with Gasteiger partial charge in [0.2, 0.25) is 11.8 Å². The Hall–Kier alpha value is -3.07. The van der Waals surface area contributed by atoms with Gasteiger partial charge in [-0.05, 0) is 61.6 Å². The third-order valence-corrected chi connectivity index (χ3v) is 8.95. The average Bonchev–Trinajstić information content (AvgIpc) is 2.94. The summed E-state index contributed by atoms with van der Waals surface area (Å²) in [5.74, 6) is -0.583. The second kappa shape index (κ2) is 14.7. The van der Waals surface area contributed by atoms with Gasteiger partial charge in [0, 0.05) is 18.1 Å². The van der Waals surface area contributed by atoms with Crippen LogP contribution < -0.4 is 9.62 Å². The number of rotatable bonds is 13. The third kappa shape index (κ3) is 8.71. The minimum atomic E-state index is -4.24. The molecule has 220 valence electrons. The fraction of sp³-hybridized carbons (Fsp3) is 0.355. The van der Waals surface area contributed by atoms with E-state index in [2.05, 4.69) is 5.32 Å². The van der Waals surface area contributed by atoms with Crippen molar-refractivity contribution >= 4 is 50.7 Å². The van der Waals surface area contributed by atoms with Crippen LogP contribution in [0, 0.1) is 12.8 Å². The first-order valence-electron chi connectivity index (χ1n) is 13.6. The smallest absolute Gasteiger partial charge is 0.264 e. The molecule has 0 radical (unpaired) electrons. The van der Waals surface area contributed by atoms with E-state index in [1.807, 2.05) is 58.0 Å². The quantitative estimate of drug-likeness (QED) is 0.250. The van der Waals surface area contributed by atoms with Gasteiger partial charge in [-0.25, -0.2) is 8.42 Å². The number of aryl methyl sites for hydroxylation is 1. The Balaban J connectivity index is 2.04. The van der Waals surface area contributed by atoms with Crippen LogP contribution in [0.3, 0.4) is 0 Å². The monoisotopic (exact) mass is 617 g/mol. The summed E-state index contributed by atoms with van der Waals surface area (Å²) in [5.41, 5.74) is 1.95. The van der Waals surface area contributed by atoms with Crippen LogP contribution >= 0.6 is 23.2 Å². The number of nitrogens with zero attached hydrogens (tertiary/aromatic N) is 2. The van der Waals surface area contributed by atoms with Gasteiger partial charge in [-0.3, -0.25) is 13.9 Å². The summed E-state index contributed by atoms with van der Waals surface area (Å²) in [6, 6.07) is 19.6. The summed E-state index contributed by atoms with van der Waals surface area (Å²) in [4.78, 5) is 28.8. The first-order chi connectivity index (χ1) is 19.4. The van der Waals surface area contributed by atoms with Crippen LogP contribution in [-0.4, -0.2) is 50.8 Å². The van der Waals surface area contributed by atoms with Crippen LogP contribution in [0.25, 0.3) is 0 Å². The Kier molecular flexibility index (Phi) is 11.6. The minimum absolute atomic E-state index is 0.00416. The Labute approximate surface area is 253 Å². The van der Waals surface area contributed by atoms with Crippen molar-refractivity contribution in [3.05, 3.63) is 94.0 Å². The molecule has 0 fully saturated rings. The maximum atomic E-state index is 14.1. The van der Waals surface area contributed by atoms with Gasteiger partial charge in [-0.2, -0.15) is 0 Å². The molecule has 0 spiro atoms. The summed E-state index contributed by atoms with van der Waals surface area (Å²) in [7, 11) is -4.24. The maximum absolute atomic E-state index is 14.1. The van der Waals surface area contributed by atoms with Crippen molar-refractivity contribution in [2.75, 3.05) is 23.9 Å². The zero-order valence-electron chi connectivity index (χ0n) is 23.8. The molecular weight excluding hydrogens is 581 g/mol. The highest BCUT2D eigenvalue weighted by Gasteiger charge is 2.34.